The Morgan fingerprint density at radius 2 is 1.81 bits per heavy atom. The molecule has 3 aromatic rings. The summed E-state index contributed by atoms with van der Waals surface area (Å²) in [6.07, 6.45) is 5.89. The molecule has 1 amide bonds. The standard InChI is InChI=1S/C21H23N5O/c27-21(20(25-13-6-7-14-25)17-8-2-1-3-9-17)23-19-11-15-26(24-19)16-18-10-4-5-12-22-18/h1-5,8-12,15,20H,6-7,13-14,16H2,(H,23,24,27). The highest BCUT2D eigenvalue weighted by Crippen LogP contribution is 2.26. The molecule has 27 heavy (non-hydrogen) atoms. The summed E-state index contributed by atoms with van der Waals surface area (Å²) < 4.78 is 1.78. The predicted octanol–water partition coefficient (Wildman–Crippen LogP) is 3.10. The van der Waals surface area contributed by atoms with E-state index in [1.54, 1.807) is 10.9 Å². The summed E-state index contributed by atoms with van der Waals surface area (Å²) >= 11 is 0. The second-order valence-corrected chi connectivity index (χ2v) is 6.77. The molecule has 1 aliphatic rings. The number of anilines is 1. The van der Waals surface area contributed by atoms with Gasteiger partial charge in [-0.2, -0.15) is 5.10 Å². The summed E-state index contributed by atoms with van der Waals surface area (Å²) in [6.45, 7) is 2.47. The van der Waals surface area contributed by atoms with Gasteiger partial charge >= 0.3 is 0 Å². The number of hydrogen-bond donors (Lipinski definition) is 1. The number of aromatic nitrogens is 3. The fraction of sp³-hybridized carbons (Fsp3) is 0.286. The molecule has 6 nitrogen and oxygen atoms in total. The van der Waals surface area contributed by atoms with Gasteiger partial charge in [0.1, 0.15) is 6.04 Å². The first-order valence-corrected chi connectivity index (χ1v) is 9.33. The maximum absolute atomic E-state index is 13.1. The number of likely N-dealkylation sites (tertiary alicyclic amines) is 1. The van der Waals surface area contributed by atoms with E-state index >= 15 is 0 Å². The molecule has 1 fully saturated rings. The highest BCUT2D eigenvalue weighted by atomic mass is 16.2. The van der Waals surface area contributed by atoms with E-state index in [2.05, 4.69) is 20.3 Å². The van der Waals surface area contributed by atoms with Crippen LogP contribution in [0.4, 0.5) is 5.82 Å². The van der Waals surface area contributed by atoms with E-state index in [0.717, 1.165) is 37.2 Å². The van der Waals surface area contributed by atoms with Gasteiger partial charge in [0.15, 0.2) is 5.82 Å². The number of carbonyl (C=O) groups is 1. The lowest BCUT2D eigenvalue weighted by Crippen LogP contribution is -2.35. The molecular formula is C21H23N5O. The van der Waals surface area contributed by atoms with Crippen molar-refractivity contribution in [2.24, 2.45) is 0 Å². The van der Waals surface area contributed by atoms with Gasteiger partial charge in [-0.05, 0) is 43.6 Å². The molecule has 1 N–H and O–H groups in total. The van der Waals surface area contributed by atoms with Crippen LogP contribution in [0.25, 0.3) is 0 Å². The number of carbonyl (C=O) groups excluding carboxylic acids is 1. The number of rotatable bonds is 6. The second-order valence-electron chi connectivity index (χ2n) is 6.77. The molecule has 6 heteroatoms. The average molecular weight is 361 g/mol. The van der Waals surface area contributed by atoms with Crippen LogP contribution in [0, 0.1) is 0 Å². The third kappa shape index (κ3) is 4.23. The van der Waals surface area contributed by atoms with Crippen molar-refractivity contribution >= 4 is 11.7 Å². The van der Waals surface area contributed by atoms with E-state index in [4.69, 9.17) is 0 Å². The molecule has 138 valence electrons. The zero-order chi connectivity index (χ0) is 18.5. The Kier molecular flexibility index (Phi) is 5.25. The highest BCUT2D eigenvalue weighted by Gasteiger charge is 2.29. The summed E-state index contributed by atoms with van der Waals surface area (Å²) in [7, 11) is 0. The quantitative estimate of drug-likeness (QED) is 0.733. The minimum atomic E-state index is -0.283. The molecule has 1 aromatic carbocycles. The van der Waals surface area contributed by atoms with Crippen LogP contribution in [-0.4, -0.2) is 38.7 Å². The summed E-state index contributed by atoms with van der Waals surface area (Å²) in [5.74, 6) is 0.530. The lowest BCUT2D eigenvalue weighted by molar-refractivity contribution is -0.121. The Morgan fingerprint density at radius 1 is 1.04 bits per heavy atom. The smallest absolute Gasteiger partial charge is 0.247 e. The second kappa shape index (κ2) is 8.14. The molecule has 1 unspecified atom stereocenters. The van der Waals surface area contributed by atoms with Gasteiger partial charge in [-0.25, -0.2) is 0 Å². The number of hydrogen-bond acceptors (Lipinski definition) is 4. The Labute approximate surface area is 158 Å². The van der Waals surface area contributed by atoms with Crippen molar-refractivity contribution in [1.29, 1.82) is 0 Å². The first-order valence-electron chi connectivity index (χ1n) is 9.33. The summed E-state index contributed by atoms with van der Waals surface area (Å²) in [4.78, 5) is 19.6. The van der Waals surface area contributed by atoms with Crippen molar-refractivity contribution in [3.63, 3.8) is 0 Å². The molecule has 0 radical (unpaired) electrons. The van der Waals surface area contributed by atoms with Gasteiger partial charge in [0.05, 0.1) is 12.2 Å². The SMILES string of the molecule is O=C(Nc1ccn(Cc2ccccn2)n1)C(c1ccccc1)N1CCCC1. The highest BCUT2D eigenvalue weighted by molar-refractivity contribution is 5.94. The largest absolute Gasteiger partial charge is 0.308 e. The van der Waals surface area contributed by atoms with Crippen molar-refractivity contribution in [3.8, 4) is 0 Å². The Hall–Kier alpha value is -2.99. The van der Waals surface area contributed by atoms with E-state index in [0.29, 0.717) is 12.4 Å². The number of benzene rings is 1. The Bertz CT molecular complexity index is 872. The molecule has 4 rings (SSSR count). The van der Waals surface area contributed by atoms with Crippen molar-refractivity contribution in [2.45, 2.75) is 25.4 Å². The van der Waals surface area contributed by atoms with E-state index < -0.39 is 0 Å². The zero-order valence-electron chi connectivity index (χ0n) is 15.2. The summed E-state index contributed by atoms with van der Waals surface area (Å²) in [5, 5.41) is 7.47. The molecule has 2 aromatic heterocycles. The number of nitrogens with one attached hydrogen (secondary N) is 1. The fourth-order valence-electron chi connectivity index (χ4n) is 3.53. The Morgan fingerprint density at radius 3 is 2.56 bits per heavy atom. The maximum Gasteiger partial charge on any atom is 0.247 e. The molecule has 0 spiro atoms. The van der Waals surface area contributed by atoms with Crippen molar-refractivity contribution in [3.05, 3.63) is 78.2 Å². The molecular weight excluding hydrogens is 338 g/mol. The zero-order valence-corrected chi connectivity index (χ0v) is 15.2. The van der Waals surface area contributed by atoms with Gasteiger partial charge in [0, 0.05) is 18.5 Å². The minimum absolute atomic E-state index is 0.0359. The van der Waals surface area contributed by atoms with Crippen molar-refractivity contribution in [2.75, 3.05) is 18.4 Å². The molecule has 1 atom stereocenters. The van der Waals surface area contributed by atoms with Crippen LogP contribution in [0.5, 0.6) is 0 Å². The van der Waals surface area contributed by atoms with Gasteiger partial charge in [0.2, 0.25) is 5.91 Å². The molecule has 3 heterocycles. The maximum atomic E-state index is 13.1. The fourth-order valence-corrected chi connectivity index (χ4v) is 3.53. The molecule has 0 aliphatic carbocycles. The summed E-state index contributed by atoms with van der Waals surface area (Å²) in [6, 6.07) is 17.3. The first kappa shape index (κ1) is 17.4. The van der Waals surface area contributed by atoms with Gasteiger partial charge in [-0.15, -0.1) is 0 Å². The van der Waals surface area contributed by atoms with Gasteiger partial charge in [0.25, 0.3) is 0 Å². The van der Waals surface area contributed by atoms with Crippen LogP contribution in [-0.2, 0) is 11.3 Å². The minimum Gasteiger partial charge on any atom is -0.308 e. The van der Waals surface area contributed by atoms with Crippen LogP contribution in [0.15, 0.2) is 67.0 Å². The third-order valence-electron chi connectivity index (χ3n) is 4.81. The van der Waals surface area contributed by atoms with Gasteiger partial charge in [-0.1, -0.05) is 36.4 Å². The lowest BCUT2D eigenvalue weighted by atomic mass is 10.0. The monoisotopic (exact) mass is 361 g/mol. The number of nitrogens with zero attached hydrogens (tertiary/aromatic N) is 4. The van der Waals surface area contributed by atoms with Gasteiger partial charge in [-0.3, -0.25) is 19.4 Å². The van der Waals surface area contributed by atoms with E-state index in [1.807, 2.05) is 60.8 Å². The predicted molar refractivity (Wildman–Crippen MR) is 104 cm³/mol. The first-order chi connectivity index (χ1) is 13.3. The number of amides is 1. The van der Waals surface area contributed by atoms with Crippen LogP contribution in [0.3, 0.4) is 0 Å². The van der Waals surface area contributed by atoms with E-state index in [1.165, 1.54) is 0 Å². The van der Waals surface area contributed by atoms with Crippen LogP contribution in [0.2, 0.25) is 0 Å². The van der Waals surface area contributed by atoms with Crippen LogP contribution >= 0.6 is 0 Å². The topological polar surface area (TPSA) is 63.1 Å². The molecule has 0 bridgehead atoms. The van der Waals surface area contributed by atoms with Crippen LogP contribution in [0.1, 0.15) is 30.1 Å². The van der Waals surface area contributed by atoms with Gasteiger partial charge < -0.3 is 5.32 Å². The molecule has 0 saturated carbocycles. The van der Waals surface area contributed by atoms with E-state index in [-0.39, 0.29) is 11.9 Å². The normalized spacial score (nSPS) is 15.6. The third-order valence-corrected chi connectivity index (χ3v) is 4.81. The van der Waals surface area contributed by atoms with Crippen LogP contribution < -0.4 is 5.32 Å². The Balaban J connectivity index is 1.48. The van der Waals surface area contributed by atoms with Crippen molar-refractivity contribution < 1.29 is 4.79 Å². The van der Waals surface area contributed by atoms with E-state index in [9.17, 15) is 4.79 Å². The van der Waals surface area contributed by atoms with Crippen molar-refractivity contribution in [1.82, 2.24) is 19.7 Å². The number of pyridine rings is 1. The average Bonchev–Trinajstić information content (AvgIpc) is 3.36. The molecule has 1 saturated heterocycles. The lowest BCUT2D eigenvalue weighted by Gasteiger charge is -2.26. The summed E-state index contributed by atoms with van der Waals surface area (Å²) in [5.41, 5.74) is 1.95. The molecule has 1 aliphatic heterocycles.